The van der Waals surface area contributed by atoms with Gasteiger partial charge >= 0.3 is 5.97 Å². The van der Waals surface area contributed by atoms with Crippen LogP contribution in [0.3, 0.4) is 0 Å². The van der Waals surface area contributed by atoms with Crippen LogP contribution >= 0.6 is 11.3 Å². The minimum absolute atomic E-state index is 0.185. The van der Waals surface area contributed by atoms with Crippen molar-refractivity contribution in [1.82, 2.24) is 9.13 Å². The molecule has 1 aliphatic rings. The van der Waals surface area contributed by atoms with Crippen LogP contribution < -0.4 is 24.4 Å². The molecule has 6 aromatic rings. The van der Waals surface area contributed by atoms with E-state index in [4.69, 9.17) is 19.2 Å². The van der Waals surface area contributed by atoms with E-state index in [1.165, 1.54) is 11.3 Å². The van der Waals surface area contributed by atoms with Gasteiger partial charge in [0.15, 0.2) is 16.3 Å². The molecule has 8 nitrogen and oxygen atoms in total. The molecular formula is C44H41N3O5S. The maximum atomic E-state index is 14.8. The fraction of sp³-hybridized carbons (Fsp3) is 0.205. The van der Waals surface area contributed by atoms with E-state index in [2.05, 4.69) is 66.1 Å². The number of fused-ring (bicyclic) bond motifs is 1. The molecule has 0 spiro atoms. The highest BCUT2D eigenvalue weighted by Gasteiger charge is 2.34. The van der Waals surface area contributed by atoms with Crippen LogP contribution in [0.15, 0.2) is 130 Å². The number of allylic oxidation sites excluding steroid dienone is 1. The van der Waals surface area contributed by atoms with Crippen LogP contribution in [0.5, 0.6) is 11.5 Å². The van der Waals surface area contributed by atoms with Crippen LogP contribution in [0.2, 0.25) is 0 Å². The number of carbonyl (C=O) groups is 1. The van der Waals surface area contributed by atoms with E-state index < -0.39 is 12.0 Å². The van der Waals surface area contributed by atoms with Gasteiger partial charge in [0, 0.05) is 11.3 Å². The number of benzene rings is 4. The SMILES string of the molecule is CCOC(=O)C1=C(C)N=c2s/c(=C\c3cc(-c4ccccc4)n(-c4ccc(C)cc4)c3-c3ccccc3)c(=O)n2[C@@H]1c1ccc(OCC)c(OCC)c1. The summed E-state index contributed by atoms with van der Waals surface area (Å²) in [5, 5.41) is 0. The summed E-state index contributed by atoms with van der Waals surface area (Å²) in [7, 11) is 0. The molecular weight excluding hydrogens is 683 g/mol. The van der Waals surface area contributed by atoms with Crippen molar-refractivity contribution in [2.75, 3.05) is 19.8 Å². The van der Waals surface area contributed by atoms with Crippen molar-refractivity contribution in [3.63, 3.8) is 0 Å². The Kier molecular flexibility index (Phi) is 10.3. The van der Waals surface area contributed by atoms with Gasteiger partial charge in [0.05, 0.1) is 53.1 Å². The zero-order chi connectivity index (χ0) is 37.1. The molecule has 4 aromatic carbocycles. The number of nitrogens with zero attached hydrogens (tertiary/aromatic N) is 3. The lowest BCUT2D eigenvalue weighted by Gasteiger charge is -2.25. The molecule has 7 rings (SSSR count). The minimum atomic E-state index is -0.798. The summed E-state index contributed by atoms with van der Waals surface area (Å²) < 4.78 is 21.7. The number of aromatic nitrogens is 2. The van der Waals surface area contributed by atoms with Crippen LogP contribution in [0.4, 0.5) is 0 Å². The van der Waals surface area contributed by atoms with Gasteiger partial charge in [0.2, 0.25) is 0 Å². The van der Waals surface area contributed by atoms with E-state index in [1.54, 1.807) is 18.4 Å². The normalized spacial score (nSPS) is 14.1. The number of thiazole rings is 1. The topological polar surface area (TPSA) is 84.1 Å². The summed E-state index contributed by atoms with van der Waals surface area (Å²) in [6.07, 6.45) is 1.95. The molecule has 1 aliphatic heterocycles. The molecule has 0 aliphatic carbocycles. The lowest BCUT2D eigenvalue weighted by molar-refractivity contribution is -0.139. The third kappa shape index (κ3) is 6.88. The molecule has 0 saturated heterocycles. The van der Waals surface area contributed by atoms with Gasteiger partial charge in [-0.15, -0.1) is 0 Å². The summed E-state index contributed by atoms with van der Waals surface area (Å²) in [6, 6.07) is 35.8. The Labute approximate surface area is 312 Å². The van der Waals surface area contributed by atoms with Gasteiger partial charge in [-0.05, 0) is 87.7 Å². The fourth-order valence-corrected chi connectivity index (χ4v) is 7.84. The third-order valence-electron chi connectivity index (χ3n) is 9.13. The molecule has 0 fully saturated rings. The molecule has 0 bridgehead atoms. The van der Waals surface area contributed by atoms with Gasteiger partial charge in [0.1, 0.15) is 0 Å². The van der Waals surface area contributed by atoms with Gasteiger partial charge in [-0.25, -0.2) is 9.79 Å². The van der Waals surface area contributed by atoms with Gasteiger partial charge in [-0.2, -0.15) is 0 Å². The first kappa shape index (κ1) is 35.5. The molecule has 1 atom stereocenters. The second-order valence-electron chi connectivity index (χ2n) is 12.6. The first-order chi connectivity index (χ1) is 25.8. The Morgan fingerprint density at radius 3 is 2.11 bits per heavy atom. The molecule has 9 heteroatoms. The lowest BCUT2D eigenvalue weighted by Crippen LogP contribution is -2.40. The van der Waals surface area contributed by atoms with Gasteiger partial charge in [0.25, 0.3) is 5.56 Å². The van der Waals surface area contributed by atoms with Gasteiger partial charge in [-0.3, -0.25) is 9.36 Å². The number of hydrogen-bond acceptors (Lipinski definition) is 7. The maximum Gasteiger partial charge on any atom is 0.338 e. The molecule has 0 amide bonds. The van der Waals surface area contributed by atoms with Gasteiger partial charge < -0.3 is 18.8 Å². The first-order valence-corrected chi connectivity index (χ1v) is 18.7. The Bertz CT molecular complexity index is 2490. The highest BCUT2D eigenvalue weighted by Crippen LogP contribution is 2.38. The van der Waals surface area contributed by atoms with E-state index in [0.29, 0.717) is 50.9 Å². The molecule has 53 heavy (non-hydrogen) atoms. The highest BCUT2D eigenvalue weighted by atomic mass is 32.1. The van der Waals surface area contributed by atoms with Crippen LogP contribution in [0.25, 0.3) is 34.3 Å². The van der Waals surface area contributed by atoms with Crippen molar-refractivity contribution in [3.05, 3.63) is 157 Å². The molecule has 268 valence electrons. The van der Waals surface area contributed by atoms with Crippen molar-refractivity contribution < 1.29 is 19.0 Å². The lowest BCUT2D eigenvalue weighted by atomic mass is 9.95. The largest absolute Gasteiger partial charge is 0.490 e. The van der Waals surface area contributed by atoms with Crippen LogP contribution in [0, 0.1) is 6.92 Å². The number of hydrogen-bond donors (Lipinski definition) is 0. The van der Waals surface area contributed by atoms with Crippen molar-refractivity contribution in [2.45, 2.75) is 40.7 Å². The Hall–Kier alpha value is -5.93. The number of esters is 1. The summed E-state index contributed by atoms with van der Waals surface area (Å²) in [4.78, 5) is 33.7. The summed E-state index contributed by atoms with van der Waals surface area (Å²) >= 11 is 1.30. The quantitative estimate of drug-likeness (QED) is 0.127. The summed E-state index contributed by atoms with van der Waals surface area (Å²) in [5.41, 5.74) is 8.25. The number of carbonyl (C=O) groups excluding carboxylic acids is 1. The summed E-state index contributed by atoms with van der Waals surface area (Å²) in [6.45, 7) is 10.5. The van der Waals surface area contributed by atoms with E-state index in [9.17, 15) is 9.59 Å². The Morgan fingerprint density at radius 1 is 0.792 bits per heavy atom. The zero-order valence-electron chi connectivity index (χ0n) is 30.5. The monoisotopic (exact) mass is 723 g/mol. The van der Waals surface area contributed by atoms with Crippen LogP contribution in [0.1, 0.15) is 50.4 Å². The average Bonchev–Trinajstić information content (AvgIpc) is 3.69. The fourth-order valence-electron chi connectivity index (χ4n) is 6.80. The van der Waals surface area contributed by atoms with Crippen molar-refractivity contribution in [3.8, 4) is 39.7 Å². The molecule has 0 N–H and O–H groups in total. The Balaban J connectivity index is 1.49. The standard InChI is InChI=1S/C44H41N3O5S/c1-6-50-36-24-21-32(26-37(36)51-7-2)41-39(43(49)52-8-3)29(5)45-44-47(41)42(48)38(53-44)27-33-25-35(30-15-11-9-12-16-30)46(34-22-19-28(4)20-23-34)40(33)31-17-13-10-14-18-31/h9-27,41H,6-8H2,1-5H3/b38-27-/t41-/m1/s1. The van der Waals surface area contributed by atoms with Crippen molar-refractivity contribution in [1.29, 1.82) is 0 Å². The van der Waals surface area contributed by atoms with Crippen molar-refractivity contribution >= 4 is 23.4 Å². The Morgan fingerprint density at radius 2 is 1.45 bits per heavy atom. The second-order valence-corrected chi connectivity index (χ2v) is 13.6. The average molecular weight is 724 g/mol. The number of ether oxygens (including phenoxy) is 3. The van der Waals surface area contributed by atoms with Crippen molar-refractivity contribution in [2.24, 2.45) is 4.99 Å². The van der Waals surface area contributed by atoms with E-state index >= 15 is 0 Å². The highest BCUT2D eigenvalue weighted by molar-refractivity contribution is 7.07. The minimum Gasteiger partial charge on any atom is -0.490 e. The maximum absolute atomic E-state index is 14.8. The van der Waals surface area contributed by atoms with E-state index in [0.717, 1.165) is 39.3 Å². The first-order valence-electron chi connectivity index (χ1n) is 17.9. The summed E-state index contributed by atoms with van der Waals surface area (Å²) in [5.74, 6) is 0.601. The third-order valence-corrected chi connectivity index (χ3v) is 10.1. The van der Waals surface area contributed by atoms with E-state index in [1.807, 2.05) is 74.5 Å². The van der Waals surface area contributed by atoms with Gasteiger partial charge in [-0.1, -0.05) is 95.8 Å². The molecule has 0 radical (unpaired) electrons. The predicted molar refractivity (Wildman–Crippen MR) is 211 cm³/mol. The second kappa shape index (κ2) is 15.4. The predicted octanol–water partition coefficient (Wildman–Crippen LogP) is 8.03. The molecule has 0 unspecified atom stereocenters. The molecule has 0 saturated carbocycles. The van der Waals surface area contributed by atoms with E-state index in [-0.39, 0.29) is 12.2 Å². The molecule has 3 heterocycles. The number of aryl methyl sites for hydroxylation is 1. The smallest absolute Gasteiger partial charge is 0.338 e. The molecule has 2 aromatic heterocycles. The van der Waals surface area contributed by atoms with Crippen LogP contribution in [-0.2, 0) is 9.53 Å². The zero-order valence-corrected chi connectivity index (χ0v) is 31.3. The number of rotatable bonds is 11. The van der Waals surface area contributed by atoms with Crippen LogP contribution in [-0.4, -0.2) is 34.9 Å².